The quantitative estimate of drug-likeness (QED) is 0.568. The summed E-state index contributed by atoms with van der Waals surface area (Å²) in [4.78, 5) is 0.962. The minimum atomic E-state index is -0.827. The van der Waals surface area contributed by atoms with Crippen LogP contribution in [0.15, 0.2) is 35.2 Å². The number of rotatable bonds is 9. The summed E-state index contributed by atoms with van der Waals surface area (Å²) in [5, 5.41) is 0. The Balaban J connectivity index is 2.44. The molecule has 0 bridgehead atoms. The Labute approximate surface area is 120 Å². The van der Waals surface area contributed by atoms with Crippen LogP contribution in [-0.2, 0) is 10.8 Å². The molecule has 0 fully saturated rings. The van der Waals surface area contributed by atoms with E-state index in [2.05, 4.69) is 38.1 Å². The van der Waals surface area contributed by atoms with Crippen molar-refractivity contribution in [3.05, 3.63) is 35.9 Å². The second-order valence-electron chi connectivity index (χ2n) is 4.87. The van der Waals surface area contributed by atoms with Crippen molar-refractivity contribution in [2.45, 2.75) is 57.3 Å². The van der Waals surface area contributed by atoms with Gasteiger partial charge in [-0.1, -0.05) is 63.8 Å². The summed E-state index contributed by atoms with van der Waals surface area (Å²) < 4.78 is 12.1. The predicted octanol–water partition coefficient (Wildman–Crippen LogP) is 5.19. The summed E-state index contributed by atoms with van der Waals surface area (Å²) in [6, 6.07) is 8.12. The molecule has 1 unspecified atom stereocenters. The first-order chi connectivity index (χ1) is 9.27. The number of allylic oxidation sites excluding steroid dienone is 1. The molecule has 106 valence electrons. The van der Waals surface area contributed by atoms with Crippen molar-refractivity contribution in [1.29, 1.82) is 0 Å². The van der Waals surface area contributed by atoms with Gasteiger partial charge in [0.2, 0.25) is 0 Å². The normalized spacial score (nSPS) is 12.9. The zero-order valence-corrected chi connectivity index (χ0v) is 13.0. The third kappa shape index (κ3) is 6.72. The molecule has 0 heterocycles. The topological polar surface area (TPSA) is 17.1 Å². The summed E-state index contributed by atoms with van der Waals surface area (Å²) in [6.07, 6.45) is 11.4. The lowest BCUT2D eigenvalue weighted by atomic mass is 10.2. The Kier molecular flexibility index (Phi) is 8.48. The van der Waals surface area contributed by atoms with E-state index in [4.69, 9.17) is 0 Å². The van der Waals surface area contributed by atoms with Crippen LogP contribution in [0.4, 0.5) is 0 Å². The molecule has 0 saturated heterocycles. The largest absolute Gasteiger partial charge is 0.254 e. The molecule has 0 N–H and O–H groups in total. The van der Waals surface area contributed by atoms with Crippen LogP contribution in [-0.4, -0.2) is 9.96 Å². The standard InChI is InChI=1S/C17H26OS/c1-3-5-7-9-15-19(18)17-13-11-16(12-14-17)10-8-6-4-2/h8,10-14H,3-7,9,15H2,1-2H3. The lowest BCUT2D eigenvalue weighted by Gasteiger charge is -2.03. The zero-order valence-electron chi connectivity index (χ0n) is 12.2. The van der Waals surface area contributed by atoms with E-state index >= 15 is 0 Å². The molecule has 0 aliphatic carbocycles. The second-order valence-corrected chi connectivity index (χ2v) is 6.44. The molecule has 0 saturated carbocycles. The Morgan fingerprint density at radius 2 is 1.74 bits per heavy atom. The van der Waals surface area contributed by atoms with Crippen molar-refractivity contribution in [1.82, 2.24) is 0 Å². The predicted molar refractivity (Wildman–Crippen MR) is 85.8 cm³/mol. The number of unbranched alkanes of at least 4 members (excludes halogenated alkanes) is 4. The molecule has 0 spiro atoms. The van der Waals surface area contributed by atoms with Gasteiger partial charge in [-0.25, -0.2) is 0 Å². The molecule has 1 nitrogen and oxygen atoms in total. The maximum absolute atomic E-state index is 12.1. The van der Waals surface area contributed by atoms with Crippen molar-refractivity contribution in [2.75, 3.05) is 5.75 Å². The summed E-state index contributed by atoms with van der Waals surface area (Å²) in [7, 11) is -0.827. The van der Waals surface area contributed by atoms with Crippen molar-refractivity contribution < 1.29 is 4.21 Å². The highest BCUT2D eigenvalue weighted by atomic mass is 32.2. The monoisotopic (exact) mass is 278 g/mol. The van der Waals surface area contributed by atoms with E-state index in [0.717, 1.165) is 23.5 Å². The van der Waals surface area contributed by atoms with Crippen LogP contribution < -0.4 is 0 Å². The molecule has 1 rings (SSSR count). The SMILES string of the molecule is CCCC=Cc1ccc(S(=O)CCCCCC)cc1. The maximum Gasteiger partial charge on any atom is 0.0529 e. The Morgan fingerprint density at radius 1 is 1.00 bits per heavy atom. The van der Waals surface area contributed by atoms with Gasteiger partial charge in [0.05, 0.1) is 10.8 Å². The molecule has 0 aliphatic rings. The van der Waals surface area contributed by atoms with E-state index in [0.29, 0.717) is 0 Å². The molecular weight excluding hydrogens is 252 g/mol. The number of hydrogen-bond acceptors (Lipinski definition) is 1. The van der Waals surface area contributed by atoms with Crippen LogP contribution in [0.1, 0.15) is 57.9 Å². The van der Waals surface area contributed by atoms with Crippen molar-refractivity contribution in [2.24, 2.45) is 0 Å². The van der Waals surface area contributed by atoms with Crippen molar-refractivity contribution in [3.63, 3.8) is 0 Å². The lowest BCUT2D eigenvalue weighted by Crippen LogP contribution is -1.98. The smallest absolute Gasteiger partial charge is 0.0529 e. The highest BCUT2D eigenvalue weighted by Gasteiger charge is 2.02. The van der Waals surface area contributed by atoms with E-state index in [1.807, 2.05) is 12.1 Å². The third-order valence-electron chi connectivity index (χ3n) is 3.09. The first kappa shape index (κ1) is 16.2. The molecule has 0 aromatic heterocycles. The molecule has 0 radical (unpaired) electrons. The summed E-state index contributed by atoms with van der Waals surface area (Å²) in [5.74, 6) is 0.797. The van der Waals surface area contributed by atoms with E-state index in [9.17, 15) is 4.21 Å². The molecule has 0 aliphatic heterocycles. The molecule has 1 aromatic carbocycles. The molecule has 2 heteroatoms. The van der Waals surface area contributed by atoms with Gasteiger partial charge in [0.1, 0.15) is 0 Å². The fourth-order valence-corrected chi connectivity index (χ4v) is 3.04. The van der Waals surface area contributed by atoms with Crippen LogP contribution in [0.5, 0.6) is 0 Å². The fraction of sp³-hybridized carbons (Fsp3) is 0.529. The average Bonchev–Trinajstić information content (AvgIpc) is 2.44. The van der Waals surface area contributed by atoms with Crippen molar-refractivity contribution >= 4 is 16.9 Å². The van der Waals surface area contributed by atoms with Gasteiger partial charge in [-0.15, -0.1) is 0 Å². The van der Waals surface area contributed by atoms with Crippen LogP contribution in [0.2, 0.25) is 0 Å². The molecule has 0 amide bonds. The first-order valence-electron chi connectivity index (χ1n) is 7.43. The van der Waals surface area contributed by atoms with Crippen LogP contribution in [0, 0.1) is 0 Å². The number of benzene rings is 1. The fourth-order valence-electron chi connectivity index (χ4n) is 1.89. The Hall–Kier alpha value is -0.890. The minimum absolute atomic E-state index is 0.797. The highest BCUT2D eigenvalue weighted by molar-refractivity contribution is 7.85. The minimum Gasteiger partial charge on any atom is -0.254 e. The second kappa shape index (κ2) is 9.96. The Morgan fingerprint density at radius 3 is 2.37 bits per heavy atom. The first-order valence-corrected chi connectivity index (χ1v) is 8.74. The van der Waals surface area contributed by atoms with E-state index < -0.39 is 10.8 Å². The van der Waals surface area contributed by atoms with Crippen LogP contribution in [0.25, 0.3) is 6.08 Å². The highest BCUT2D eigenvalue weighted by Crippen LogP contribution is 2.12. The van der Waals surface area contributed by atoms with Crippen molar-refractivity contribution in [3.8, 4) is 0 Å². The van der Waals surface area contributed by atoms with Gasteiger partial charge in [0, 0.05) is 10.6 Å². The van der Waals surface area contributed by atoms with Gasteiger partial charge < -0.3 is 0 Å². The molecular formula is C17H26OS. The molecule has 1 aromatic rings. The summed E-state index contributed by atoms with van der Waals surface area (Å²) in [6.45, 7) is 4.37. The molecule has 1 atom stereocenters. The summed E-state index contributed by atoms with van der Waals surface area (Å²) in [5.41, 5.74) is 1.19. The third-order valence-corrected chi connectivity index (χ3v) is 4.55. The Bertz CT molecular complexity index is 392. The van der Waals surface area contributed by atoms with Gasteiger partial charge in [0.25, 0.3) is 0 Å². The lowest BCUT2D eigenvalue weighted by molar-refractivity contribution is 0.668. The van der Waals surface area contributed by atoms with E-state index in [1.54, 1.807) is 0 Å². The van der Waals surface area contributed by atoms with E-state index in [1.165, 1.54) is 31.2 Å². The number of hydrogen-bond donors (Lipinski definition) is 0. The van der Waals surface area contributed by atoms with Gasteiger partial charge in [0.15, 0.2) is 0 Å². The summed E-state index contributed by atoms with van der Waals surface area (Å²) >= 11 is 0. The van der Waals surface area contributed by atoms with Gasteiger partial charge in [-0.3, -0.25) is 4.21 Å². The molecule has 19 heavy (non-hydrogen) atoms. The van der Waals surface area contributed by atoms with E-state index in [-0.39, 0.29) is 0 Å². The van der Waals surface area contributed by atoms with Gasteiger partial charge in [-0.2, -0.15) is 0 Å². The zero-order chi connectivity index (χ0) is 13.9. The maximum atomic E-state index is 12.1. The van der Waals surface area contributed by atoms with Gasteiger partial charge in [-0.05, 0) is 30.5 Å². The van der Waals surface area contributed by atoms with Crippen LogP contribution in [0.3, 0.4) is 0 Å². The average molecular weight is 278 g/mol. The van der Waals surface area contributed by atoms with Gasteiger partial charge >= 0.3 is 0 Å². The van der Waals surface area contributed by atoms with Crippen LogP contribution >= 0.6 is 0 Å².